The summed E-state index contributed by atoms with van der Waals surface area (Å²) >= 11 is 0. The summed E-state index contributed by atoms with van der Waals surface area (Å²) in [7, 11) is 3.45. The maximum Gasteiger partial charge on any atom is 0.421 e. The second-order valence-electron chi connectivity index (χ2n) is 9.40. The SMILES string of the molecule is CCCN(C(=O)Oc1ccc([N+](C)=O)cc1)C(=O)[C@@H]1C[C@@H]2CC3(CC[C@H]2N(C)C1)OCCO3. The molecule has 0 N–H and O–H groups in total. The average Bonchev–Trinajstić information content (AvgIpc) is 3.24. The highest BCUT2D eigenvalue weighted by molar-refractivity contribution is 5.94. The normalized spacial score (nSPS) is 26.6. The summed E-state index contributed by atoms with van der Waals surface area (Å²) in [5.41, 5.74) is 0.455. The molecule has 0 aromatic heterocycles. The van der Waals surface area contributed by atoms with Crippen LogP contribution in [-0.2, 0) is 14.3 Å². The Morgan fingerprint density at radius 2 is 1.94 bits per heavy atom. The molecule has 2 aliphatic heterocycles. The van der Waals surface area contributed by atoms with Crippen LogP contribution in [0.5, 0.6) is 5.75 Å². The highest BCUT2D eigenvalue weighted by Gasteiger charge is 2.49. The predicted molar refractivity (Wildman–Crippen MR) is 120 cm³/mol. The zero-order chi connectivity index (χ0) is 23.6. The number of carbonyl (C=O) groups excluding carboxylic acids is 2. The minimum Gasteiger partial charge on any atom is -0.410 e. The fraction of sp³-hybridized carbons (Fsp3) is 0.667. The van der Waals surface area contributed by atoms with Gasteiger partial charge in [0.1, 0.15) is 5.75 Å². The van der Waals surface area contributed by atoms with Gasteiger partial charge in [-0.1, -0.05) is 6.92 Å². The van der Waals surface area contributed by atoms with Gasteiger partial charge >= 0.3 is 6.09 Å². The van der Waals surface area contributed by atoms with Gasteiger partial charge < -0.3 is 19.1 Å². The fourth-order valence-corrected chi connectivity index (χ4v) is 5.54. The van der Waals surface area contributed by atoms with Gasteiger partial charge in [-0.25, -0.2) is 9.69 Å². The van der Waals surface area contributed by atoms with Crippen molar-refractivity contribution in [2.24, 2.45) is 11.8 Å². The molecular formula is C24H34N3O6+. The molecule has 2 saturated heterocycles. The molecule has 0 radical (unpaired) electrons. The Morgan fingerprint density at radius 3 is 2.58 bits per heavy atom. The molecule has 1 aromatic carbocycles. The smallest absolute Gasteiger partial charge is 0.410 e. The van der Waals surface area contributed by atoms with Crippen molar-refractivity contribution in [3.63, 3.8) is 0 Å². The van der Waals surface area contributed by atoms with Crippen molar-refractivity contribution in [2.75, 3.05) is 40.4 Å². The lowest BCUT2D eigenvalue weighted by Crippen LogP contribution is -2.56. The number of nitroso groups, excluding NO2 is 1. The van der Waals surface area contributed by atoms with E-state index in [9.17, 15) is 14.5 Å². The monoisotopic (exact) mass is 460 g/mol. The Morgan fingerprint density at radius 1 is 1.24 bits per heavy atom. The van der Waals surface area contributed by atoms with Crippen molar-refractivity contribution in [3.05, 3.63) is 29.2 Å². The lowest BCUT2D eigenvalue weighted by Gasteiger charge is -2.49. The van der Waals surface area contributed by atoms with Crippen LogP contribution in [0.1, 0.15) is 39.0 Å². The van der Waals surface area contributed by atoms with E-state index in [1.165, 1.54) is 11.9 Å². The van der Waals surface area contributed by atoms with Gasteiger partial charge in [0.25, 0.3) is 5.69 Å². The van der Waals surface area contributed by atoms with Crippen molar-refractivity contribution in [2.45, 2.75) is 50.9 Å². The summed E-state index contributed by atoms with van der Waals surface area (Å²) in [6.45, 7) is 4.08. The first-order chi connectivity index (χ1) is 15.8. The van der Waals surface area contributed by atoms with Gasteiger partial charge in [0, 0.05) is 53.8 Å². The molecule has 4 rings (SSSR count). The van der Waals surface area contributed by atoms with E-state index in [1.807, 2.05) is 6.92 Å². The van der Waals surface area contributed by atoms with Crippen LogP contribution in [-0.4, -0.2) is 78.8 Å². The third kappa shape index (κ3) is 5.10. The van der Waals surface area contributed by atoms with E-state index in [4.69, 9.17) is 14.2 Å². The first-order valence-corrected chi connectivity index (χ1v) is 11.8. The van der Waals surface area contributed by atoms with E-state index in [0.717, 1.165) is 24.0 Å². The van der Waals surface area contributed by atoms with E-state index < -0.39 is 11.9 Å². The molecule has 180 valence electrons. The summed E-state index contributed by atoms with van der Waals surface area (Å²) in [4.78, 5) is 41.3. The Kier molecular flexibility index (Phi) is 7.11. The van der Waals surface area contributed by atoms with Crippen molar-refractivity contribution in [3.8, 4) is 5.75 Å². The van der Waals surface area contributed by atoms with Crippen molar-refractivity contribution in [1.82, 2.24) is 9.80 Å². The number of rotatable bonds is 5. The van der Waals surface area contributed by atoms with Crippen LogP contribution in [0.15, 0.2) is 24.3 Å². The average molecular weight is 461 g/mol. The van der Waals surface area contributed by atoms with Crippen LogP contribution >= 0.6 is 0 Å². The molecule has 2 amide bonds. The summed E-state index contributed by atoms with van der Waals surface area (Å²) in [5.74, 6) is -0.413. The second kappa shape index (κ2) is 9.87. The summed E-state index contributed by atoms with van der Waals surface area (Å²) in [6.07, 6.45) is 3.31. The largest absolute Gasteiger partial charge is 0.421 e. The summed E-state index contributed by atoms with van der Waals surface area (Å²) < 4.78 is 18.1. The van der Waals surface area contributed by atoms with Gasteiger partial charge in [-0.15, -0.1) is 0 Å². The van der Waals surface area contributed by atoms with Crippen LogP contribution < -0.4 is 4.74 Å². The number of carbonyl (C=O) groups is 2. The molecule has 1 aromatic rings. The van der Waals surface area contributed by atoms with Crippen LogP contribution in [0.4, 0.5) is 10.5 Å². The van der Waals surface area contributed by atoms with E-state index in [2.05, 4.69) is 11.9 Å². The van der Waals surface area contributed by atoms with Gasteiger partial charge in [0.05, 0.1) is 19.1 Å². The molecule has 0 unspecified atom stereocenters. The number of likely N-dealkylation sites (tertiary alicyclic amines) is 1. The third-order valence-electron chi connectivity index (χ3n) is 7.10. The molecule has 1 saturated carbocycles. The third-order valence-corrected chi connectivity index (χ3v) is 7.10. The maximum absolute atomic E-state index is 13.5. The molecule has 1 aliphatic carbocycles. The van der Waals surface area contributed by atoms with Gasteiger partial charge in [-0.05, 0) is 44.4 Å². The Labute approximate surface area is 194 Å². The van der Waals surface area contributed by atoms with Crippen LogP contribution in [0, 0.1) is 16.7 Å². The summed E-state index contributed by atoms with van der Waals surface area (Å²) in [6, 6.07) is 6.65. The van der Waals surface area contributed by atoms with Crippen LogP contribution in [0.25, 0.3) is 0 Å². The maximum atomic E-state index is 13.5. The van der Waals surface area contributed by atoms with Crippen LogP contribution in [0.2, 0.25) is 0 Å². The predicted octanol–water partition coefficient (Wildman–Crippen LogP) is 3.33. The highest BCUT2D eigenvalue weighted by atomic mass is 16.7. The number of hydrogen-bond acceptors (Lipinski definition) is 7. The molecule has 2 heterocycles. The van der Waals surface area contributed by atoms with Gasteiger partial charge in [0.15, 0.2) is 12.8 Å². The van der Waals surface area contributed by atoms with Crippen molar-refractivity contribution in [1.29, 1.82) is 0 Å². The molecule has 9 nitrogen and oxygen atoms in total. The number of benzene rings is 1. The van der Waals surface area contributed by atoms with E-state index in [-0.39, 0.29) is 17.7 Å². The quantitative estimate of drug-likeness (QED) is 0.623. The molecule has 9 heteroatoms. The number of amides is 2. The van der Waals surface area contributed by atoms with E-state index >= 15 is 0 Å². The molecular weight excluding hydrogens is 426 g/mol. The second-order valence-corrected chi connectivity index (χ2v) is 9.40. The molecule has 3 fully saturated rings. The standard InChI is InChI=1S/C24H34N3O6/c1-4-11-27(23(29)33-20-7-5-19(6-8-20)26(3)30)22(28)18-14-17-15-24(31-12-13-32-24)10-9-21(17)25(2)16-18/h5-8,17-18,21H,4,9-16H2,1-3H3/q+1/t17-,18-,21-/m1/s1. The molecule has 3 aliphatic rings. The number of imide groups is 1. The van der Waals surface area contributed by atoms with Crippen molar-refractivity contribution < 1.29 is 28.6 Å². The minimum absolute atomic E-state index is 0.198. The molecule has 3 atom stereocenters. The fourth-order valence-electron chi connectivity index (χ4n) is 5.54. The zero-order valence-corrected chi connectivity index (χ0v) is 19.7. The van der Waals surface area contributed by atoms with E-state index in [0.29, 0.717) is 56.6 Å². The lowest BCUT2D eigenvalue weighted by atomic mass is 9.72. The number of ether oxygens (including phenoxy) is 3. The molecule has 33 heavy (non-hydrogen) atoms. The number of hydrogen-bond donors (Lipinski definition) is 0. The minimum atomic E-state index is -0.683. The zero-order valence-electron chi connectivity index (χ0n) is 19.7. The number of piperidine rings is 1. The number of fused-ring (bicyclic) bond motifs is 1. The first kappa shape index (κ1) is 23.8. The van der Waals surface area contributed by atoms with Crippen molar-refractivity contribution >= 4 is 17.7 Å². The Bertz CT molecular complexity index is 883. The van der Waals surface area contributed by atoms with Gasteiger partial charge in [-0.3, -0.25) is 4.79 Å². The Hall–Kier alpha value is -2.36. The molecule has 1 spiro atoms. The Balaban J connectivity index is 1.44. The lowest BCUT2D eigenvalue weighted by molar-refractivity contribution is -0.428. The molecule has 0 bridgehead atoms. The first-order valence-electron chi connectivity index (χ1n) is 11.8. The van der Waals surface area contributed by atoms with Gasteiger partial charge in [0.2, 0.25) is 5.91 Å². The number of nitrogens with zero attached hydrogens (tertiary/aromatic N) is 3. The summed E-state index contributed by atoms with van der Waals surface area (Å²) in [5, 5.41) is 0. The van der Waals surface area contributed by atoms with E-state index in [1.54, 1.807) is 24.3 Å². The van der Waals surface area contributed by atoms with Gasteiger partial charge in [-0.2, -0.15) is 0 Å². The topological polar surface area (TPSA) is 88.4 Å². The highest BCUT2D eigenvalue weighted by Crippen LogP contribution is 2.45. The van der Waals surface area contributed by atoms with Crippen LogP contribution in [0.3, 0.4) is 0 Å².